The average Bonchev–Trinajstić information content (AvgIpc) is 3.07. The molecule has 42 heavy (non-hydrogen) atoms. The molecule has 4 nitrogen and oxygen atoms in total. The van der Waals surface area contributed by atoms with Gasteiger partial charge >= 0.3 is 0 Å². The van der Waals surface area contributed by atoms with E-state index in [1.54, 1.807) is 14.2 Å². The lowest BCUT2D eigenvalue weighted by molar-refractivity contribution is 0.414. The number of aliphatic imine (C=N–C) groups is 1. The summed E-state index contributed by atoms with van der Waals surface area (Å²) in [6.07, 6.45) is 2.98. The Balaban J connectivity index is 1.67. The number of ether oxygens (including phenoxy) is 2. The highest BCUT2D eigenvalue weighted by Crippen LogP contribution is 2.51. The number of methoxy groups -OCH3 is 2. The zero-order valence-corrected chi connectivity index (χ0v) is 24.4. The van der Waals surface area contributed by atoms with Gasteiger partial charge in [-0.15, -0.1) is 0 Å². The molecule has 1 aliphatic rings. The molecule has 5 aromatic carbocycles. The van der Waals surface area contributed by atoms with Crippen LogP contribution in [0.15, 0.2) is 126 Å². The maximum Gasteiger partial charge on any atom is 0.118 e. The van der Waals surface area contributed by atoms with Crippen molar-refractivity contribution < 1.29 is 9.47 Å². The molecular weight excluding hydrogens is 516 g/mol. The van der Waals surface area contributed by atoms with Gasteiger partial charge in [0, 0.05) is 11.1 Å². The van der Waals surface area contributed by atoms with Crippen LogP contribution in [0.25, 0.3) is 22.3 Å². The molecule has 0 spiro atoms. The first-order valence-corrected chi connectivity index (χ1v) is 14.6. The van der Waals surface area contributed by atoms with Gasteiger partial charge in [-0.2, -0.15) is 0 Å². The lowest BCUT2D eigenvalue weighted by Gasteiger charge is -2.42. The number of benzene rings is 5. The number of fused-ring (bicyclic) bond motifs is 1. The van der Waals surface area contributed by atoms with Crippen molar-refractivity contribution in [1.82, 2.24) is 0 Å². The monoisotopic (exact) mass is 552 g/mol. The number of hydrogen-bond acceptors (Lipinski definition) is 4. The van der Waals surface area contributed by atoms with Crippen molar-refractivity contribution in [2.75, 3.05) is 19.5 Å². The smallest absolute Gasteiger partial charge is 0.118 e. The molecule has 0 amide bonds. The molecule has 1 aliphatic heterocycles. The highest BCUT2D eigenvalue weighted by atomic mass is 16.5. The van der Waals surface area contributed by atoms with Crippen LogP contribution >= 0.6 is 0 Å². The molecule has 1 atom stereocenters. The summed E-state index contributed by atoms with van der Waals surface area (Å²) < 4.78 is 11.1. The van der Waals surface area contributed by atoms with E-state index < -0.39 is 5.54 Å². The van der Waals surface area contributed by atoms with Crippen molar-refractivity contribution in [2.45, 2.75) is 31.7 Å². The number of rotatable bonds is 9. The molecule has 210 valence electrons. The molecule has 0 aliphatic carbocycles. The van der Waals surface area contributed by atoms with Gasteiger partial charge in [0.25, 0.3) is 0 Å². The summed E-state index contributed by atoms with van der Waals surface area (Å²) in [5.41, 5.74) is 9.18. The standard InChI is InChI=1S/C38H36N2O2/c1-4-5-26-38(30-18-22-32(42-3)23-19-30)37(29-16-20-31(41-2)21-17-29)39-35-33(27-12-8-6-9-13-27)24-25-34(36(35)40-38)28-14-10-7-11-15-28/h6-25,40H,4-5,26H2,1-3H3/t38-/m1/s1. The van der Waals surface area contributed by atoms with E-state index in [1.807, 2.05) is 24.3 Å². The molecule has 1 N–H and O–H groups in total. The number of anilines is 1. The van der Waals surface area contributed by atoms with Crippen LogP contribution < -0.4 is 14.8 Å². The third-order valence-electron chi connectivity index (χ3n) is 8.17. The van der Waals surface area contributed by atoms with E-state index in [4.69, 9.17) is 14.5 Å². The fraction of sp³-hybridized carbons (Fsp3) is 0.184. The van der Waals surface area contributed by atoms with E-state index in [-0.39, 0.29) is 0 Å². The van der Waals surface area contributed by atoms with Crippen molar-refractivity contribution in [1.29, 1.82) is 0 Å². The highest BCUT2D eigenvalue weighted by molar-refractivity contribution is 6.15. The van der Waals surface area contributed by atoms with E-state index in [1.165, 1.54) is 0 Å². The third kappa shape index (κ3) is 5.05. The van der Waals surface area contributed by atoms with E-state index in [0.29, 0.717) is 0 Å². The van der Waals surface area contributed by atoms with Crippen LogP contribution in [0, 0.1) is 0 Å². The predicted octanol–water partition coefficient (Wildman–Crippen LogP) is 9.67. The first-order valence-electron chi connectivity index (χ1n) is 14.6. The van der Waals surface area contributed by atoms with E-state index in [0.717, 1.165) is 81.2 Å². The van der Waals surface area contributed by atoms with Gasteiger partial charge < -0.3 is 14.8 Å². The molecule has 1 heterocycles. The van der Waals surface area contributed by atoms with Gasteiger partial charge in [-0.05, 0) is 65.1 Å². The number of nitrogens with zero attached hydrogens (tertiary/aromatic N) is 1. The summed E-state index contributed by atoms with van der Waals surface area (Å²) >= 11 is 0. The molecular formula is C38H36N2O2. The van der Waals surface area contributed by atoms with Crippen LogP contribution in [0.5, 0.6) is 11.5 Å². The Morgan fingerprint density at radius 2 is 1.17 bits per heavy atom. The van der Waals surface area contributed by atoms with Gasteiger partial charge in [0.05, 0.1) is 31.3 Å². The van der Waals surface area contributed by atoms with Crippen LogP contribution in [0.3, 0.4) is 0 Å². The van der Waals surface area contributed by atoms with Crippen LogP contribution in [-0.4, -0.2) is 19.9 Å². The third-order valence-corrected chi connectivity index (χ3v) is 8.17. The van der Waals surface area contributed by atoms with Crippen molar-refractivity contribution in [3.63, 3.8) is 0 Å². The number of hydrogen-bond donors (Lipinski definition) is 1. The van der Waals surface area contributed by atoms with E-state index in [9.17, 15) is 0 Å². The second-order valence-corrected chi connectivity index (χ2v) is 10.7. The molecule has 6 rings (SSSR count). The second kappa shape index (κ2) is 12.0. The Hall–Kier alpha value is -4.83. The largest absolute Gasteiger partial charge is 0.497 e. The molecule has 0 saturated heterocycles. The predicted molar refractivity (Wildman–Crippen MR) is 174 cm³/mol. The molecule has 0 bridgehead atoms. The molecule has 0 saturated carbocycles. The Morgan fingerprint density at radius 3 is 1.74 bits per heavy atom. The van der Waals surface area contributed by atoms with Gasteiger partial charge in [0.2, 0.25) is 0 Å². The van der Waals surface area contributed by atoms with E-state index >= 15 is 0 Å². The lowest BCUT2D eigenvalue weighted by atomic mass is 9.75. The SMILES string of the molecule is CCCC[C@]1(c2ccc(OC)cc2)Nc2c(-c3ccccc3)ccc(-c3ccccc3)c2N=C1c1ccc(OC)cc1. The lowest BCUT2D eigenvalue weighted by Crippen LogP contribution is -2.46. The maximum atomic E-state index is 5.64. The van der Waals surface area contributed by atoms with Crippen LogP contribution in [0.4, 0.5) is 11.4 Å². The summed E-state index contributed by atoms with van der Waals surface area (Å²) in [6, 6.07) is 42.3. The maximum absolute atomic E-state index is 5.64. The van der Waals surface area contributed by atoms with Crippen LogP contribution in [0.1, 0.15) is 37.3 Å². The molecule has 5 aromatic rings. The molecule has 4 heteroatoms. The fourth-order valence-electron chi connectivity index (χ4n) is 5.93. The summed E-state index contributed by atoms with van der Waals surface area (Å²) in [5.74, 6) is 1.66. The number of nitrogens with one attached hydrogen (secondary N) is 1. The Bertz CT molecular complexity index is 1680. The molecule has 0 aromatic heterocycles. The van der Waals surface area contributed by atoms with E-state index in [2.05, 4.69) is 109 Å². The Labute approximate surface area is 248 Å². The minimum atomic E-state index is -0.567. The minimum Gasteiger partial charge on any atom is -0.497 e. The van der Waals surface area contributed by atoms with Gasteiger partial charge in [-0.1, -0.05) is 105 Å². The topological polar surface area (TPSA) is 42.8 Å². The first kappa shape index (κ1) is 27.3. The van der Waals surface area contributed by atoms with Gasteiger partial charge in [-0.3, -0.25) is 0 Å². The normalized spacial score (nSPS) is 15.7. The van der Waals surface area contributed by atoms with Crippen LogP contribution in [0.2, 0.25) is 0 Å². The highest BCUT2D eigenvalue weighted by Gasteiger charge is 2.42. The Kier molecular flexibility index (Phi) is 7.78. The number of unbranched alkanes of at least 4 members (excludes halogenated alkanes) is 1. The minimum absolute atomic E-state index is 0.567. The summed E-state index contributed by atoms with van der Waals surface area (Å²) in [5, 5.41) is 4.15. The van der Waals surface area contributed by atoms with Crippen molar-refractivity contribution in [3.8, 4) is 33.8 Å². The fourth-order valence-corrected chi connectivity index (χ4v) is 5.93. The van der Waals surface area contributed by atoms with Gasteiger partial charge in [0.1, 0.15) is 17.0 Å². The average molecular weight is 553 g/mol. The first-order chi connectivity index (χ1) is 20.7. The van der Waals surface area contributed by atoms with Crippen LogP contribution in [-0.2, 0) is 5.54 Å². The summed E-state index contributed by atoms with van der Waals surface area (Å²) in [4.78, 5) is 5.64. The zero-order valence-electron chi connectivity index (χ0n) is 24.4. The zero-order chi connectivity index (χ0) is 28.9. The van der Waals surface area contributed by atoms with Gasteiger partial charge in [0.15, 0.2) is 0 Å². The van der Waals surface area contributed by atoms with Crippen molar-refractivity contribution in [3.05, 3.63) is 132 Å². The van der Waals surface area contributed by atoms with Gasteiger partial charge in [-0.25, -0.2) is 4.99 Å². The molecule has 0 radical (unpaired) electrons. The quantitative estimate of drug-likeness (QED) is 0.198. The second-order valence-electron chi connectivity index (χ2n) is 10.7. The summed E-state index contributed by atoms with van der Waals surface area (Å²) in [6.45, 7) is 2.24. The molecule has 0 fully saturated rings. The van der Waals surface area contributed by atoms with Crippen molar-refractivity contribution >= 4 is 17.1 Å². The Morgan fingerprint density at radius 1 is 0.619 bits per heavy atom. The summed E-state index contributed by atoms with van der Waals surface area (Å²) in [7, 11) is 3.41. The van der Waals surface area contributed by atoms with Crippen molar-refractivity contribution in [2.24, 2.45) is 4.99 Å². The molecule has 0 unspecified atom stereocenters.